The third-order valence-electron chi connectivity index (χ3n) is 5.19. The molecule has 2 heterocycles. The van der Waals surface area contributed by atoms with Crippen LogP contribution in [0.25, 0.3) is 0 Å². The quantitative estimate of drug-likeness (QED) is 0.783. The minimum Gasteiger partial charge on any atom is -0.399 e. The Morgan fingerprint density at radius 2 is 1.83 bits per heavy atom. The van der Waals surface area contributed by atoms with Crippen molar-refractivity contribution in [2.75, 3.05) is 24.7 Å². The van der Waals surface area contributed by atoms with Crippen LogP contribution in [0.3, 0.4) is 0 Å². The molecule has 23 heavy (non-hydrogen) atoms. The molecule has 1 aromatic carbocycles. The molecule has 0 aromatic heterocycles. The van der Waals surface area contributed by atoms with Gasteiger partial charge in [0.15, 0.2) is 0 Å². The van der Waals surface area contributed by atoms with Gasteiger partial charge in [0.05, 0.1) is 24.4 Å². The maximum Gasteiger partial charge on any atom is 0.497 e. The first-order valence-electron chi connectivity index (χ1n) is 8.21. The number of morpholine rings is 1. The van der Waals surface area contributed by atoms with Crippen LogP contribution >= 0.6 is 0 Å². The molecular weight excluding hydrogens is 296 g/mol. The van der Waals surface area contributed by atoms with Crippen molar-refractivity contribution >= 4 is 18.3 Å². The molecule has 6 heteroatoms. The van der Waals surface area contributed by atoms with E-state index < -0.39 is 18.3 Å². The lowest BCUT2D eigenvalue weighted by atomic mass is 9.78. The Kier molecular flexibility index (Phi) is 4.19. The first kappa shape index (κ1) is 16.7. The molecule has 2 aliphatic rings. The average Bonchev–Trinajstić information content (AvgIpc) is 2.67. The van der Waals surface area contributed by atoms with Crippen LogP contribution in [0.2, 0.25) is 0 Å². The van der Waals surface area contributed by atoms with Crippen LogP contribution < -0.4 is 10.4 Å². The first-order valence-corrected chi connectivity index (χ1v) is 8.21. The number of anilines is 1. The lowest BCUT2D eigenvalue weighted by Gasteiger charge is -2.35. The highest BCUT2D eigenvalue weighted by Crippen LogP contribution is 2.36. The second-order valence-electron chi connectivity index (χ2n) is 7.41. The van der Waals surface area contributed by atoms with Gasteiger partial charge in [-0.2, -0.15) is 0 Å². The molecule has 0 N–H and O–H groups in total. The zero-order valence-electron chi connectivity index (χ0n) is 14.6. The topological polar surface area (TPSA) is 30.9 Å². The molecule has 2 aliphatic heterocycles. The summed E-state index contributed by atoms with van der Waals surface area (Å²) in [5.41, 5.74) is 0.384. The predicted molar refractivity (Wildman–Crippen MR) is 89.7 cm³/mol. The van der Waals surface area contributed by atoms with E-state index in [9.17, 15) is 4.39 Å². The van der Waals surface area contributed by atoms with Crippen molar-refractivity contribution in [3.8, 4) is 0 Å². The molecule has 126 valence electrons. The van der Waals surface area contributed by atoms with Gasteiger partial charge in [-0.3, -0.25) is 0 Å². The van der Waals surface area contributed by atoms with Gasteiger partial charge in [0, 0.05) is 23.7 Å². The van der Waals surface area contributed by atoms with Crippen molar-refractivity contribution < 1.29 is 18.4 Å². The highest BCUT2D eigenvalue weighted by atomic mass is 19.1. The number of benzene rings is 1. The van der Waals surface area contributed by atoms with Crippen LogP contribution in [-0.4, -0.2) is 44.1 Å². The van der Waals surface area contributed by atoms with E-state index in [1.807, 2.05) is 33.8 Å². The lowest BCUT2D eigenvalue weighted by Crippen LogP contribution is -2.44. The lowest BCUT2D eigenvalue weighted by molar-refractivity contribution is 0.00578. The van der Waals surface area contributed by atoms with E-state index in [2.05, 4.69) is 11.8 Å². The van der Waals surface area contributed by atoms with Gasteiger partial charge in [0.1, 0.15) is 5.82 Å². The van der Waals surface area contributed by atoms with Crippen LogP contribution in [0.15, 0.2) is 18.2 Å². The molecule has 1 aromatic rings. The number of hydrogen-bond donors (Lipinski definition) is 0. The Hall–Kier alpha value is -1.11. The van der Waals surface area contributed by atoms with Gasteiger partial charge in [0.25, 0.3) is 0 Å². The fourth-order valence-electron chi connectivity index (χ4n) is 2.97. The third kappa shape index (κ3) is 3.00. The van der Waals surface area contributed by atoms with Gasteiger partial charge in [-0.25, -0.2) is 4.39 Å². The zero-order chi connectivity index (χ0) is 16.8. The standard InChI is InChI=1S/C17H25BFNO3/c1-12-11-21-9-8-20(12)13-6-7-14(15(19)10-13)18-22-16(2,3)17(4,5)23-18/h6-7,10,12H,8-9,11H2,1-5H3/t12-/m1/s1. The maximum atomic E-state index is 14.7. The fourth-order valence-corrected chi connectivity index (χ4v) is 2.97. The third-order valence-corrected chi connectivity index (χ3v) is 5.19. The second kappa shape index (κ2) is 5.76. The summed E-state index contributed by atoms with van der Waals surface area (Å²) in [7, 11) is -0.670. The van der Waals surface area contributed by atoms with Crippen molar-refractivity contribution in [3.05, 3.63) is 24.0 Å². The van der Waals surface area contributed by atoms with E-state index in [4.69, 9.17) is 14.0 Å². The molecule has 1 atom stereocenters. The number of hydrogen-bond acceptors (Lipinski definition) is 4. The molecule has 0 unspecified atom stereocenters. The van der Waals surface area contributed by atoms with Crippen molar-refractivity contribution in [2.45, 2.75) is 51.9 Å². The Morgan fingerprint density at radius 3 is 2.39 bits per heavy atom. The molecule has 2 fully saturated rings. The summed E-state index contributed by atoms with van der Waals surface area (Å²) in [4.78, 5) is 2.17. The molecule has 0 spiro atoms. The van der Waals surface area contributed by atoms with Crippen LogP contribution in [0.4, 0.5) is 10.1 Å². The number of ether oxygens (including phenoxy) is 1. The molecule has 3 rings (SSSR count). The van der Waals surface area contributed by atoms with E-state index in [1.165, 1.54) is 0 Å². The molecule has 0 aliphatic carbocycles. The summed E-state index contributed by atoms with van der Waals surface area (Å²) in [6, 6.07) is 5.52. The first-order chi connectivity index (χ1) is 10.7. The van der Waals surface area contributed by atoms with Gasteiger partial charge in [-0.15, -0.1) is 0 Å². The Balaban J connectivity index is 1.83. The van der Waals surface area contributed by atoms with E-state index in [1.54, 1.807) is 12.1 Å². The van der Waals surface area contributed by atoms with Crippen LogP contribution in [0.1, 0.15) is 34.6 Å². The van der Waals surface area contributed by atoms with Crippen molar-refractivity contribution in [3.63, 3.8) is 0 Å². The molecule has 0 radical (unpaired) electrons. The molecule has 4 nitrogen and oxygen atoms in total. The van der Waals surface area contributed by atoms with Crippen molar-refractivity contribution in [1.82, 2.24) is 0 Å². The van der Waals surface area contributed by atoms with Gasteiger partial charge < -0.3 is 18.9 Å². The Labute approximate surface area is 138 Å². The minimum atomic E-state index is -0.670. The van der Waals surface area contributed by atoms with E-state index in [0.717, 1.165) is 12.2 Å². The number of halogens is 1. The largest absolute Gasteiger partial charge is 0.497 e. The normalized spacial score (nSPS) is 26.6. The summed E-state index contributed by atoms with van der Waals surface area (Å²) < 4.78 is 32.0. The van der Waals surface area contributed by atoms with E-state index in [0.29, 0.717) is 18.7 Å². The van der Waals surface area contributed by atoms with Crippen LogP contribution in [0.5, 0.6) is 0 Å². The minimum absolute atomic E-state index is 0.242. The van der Waals surface area contributed by atoms with Crippen LogP contribution in [0, 0.1) is 5.82 Å². The SMILES string of the molecule is C[C@@H]1COCCN1c1ccc(B2OC(C)(C)C(C)(C)O2)c(F)c1. The fraction of sp³-hybridized carbons (Fsp3) is 0.647. The summed E-state index contributed by atoms with van der Waals surface area (Å²) in [6.07, 6.45) is 0. The zero-order valence-corrected chi connectivity index (χ0v) is 14.6. The van der Waals surface area contributed by atoms with Crippen LogP contribution in [-0.2, 0) is 14.0 Å². The molecule has 0 bridgehead atoms. The predicted octanol–water partition coefficient (Wildman–Crippen LogP) is 2.35. The Bertz CT molecular complexity index is 577. The summed E-state index contributed by atoms with van der Waals surface area (Å²) in [5.74, 6) is -0.292. The maximum absolute atomic E-state index is 14.7. The van der Waals surface area contributed by atoms with Gasteiger partial charge in [0.2, 0.25) is 0 Å². The molecule has 0 saturated carbocycles. The van der Waals surface area contributed by atoms with Crippen molar-refractivity contribution in [1.29, 1.82) is 0 Å². The van der Waals surface area contributed by atoms with Crippen molar-refractivity contribution in [2.24, 2.45) is 0 Å². The number of nitrogens with zero attached hydrogens (tertiary/aromatic N) is 1. The van der Waals surface area contributed by atoms with Gasteiger partial charge in [-0.1, -0.05) is 6.07 Å². The van der Waals surface area contributed by atoms with E-state index >= 15 is 0 Å². The van der Waals surface area contributed by atoms with E-state index in [-0.39, 0.29) is 11.9 Å². The second-order valence-corrected chi connectivity index (χ2v) is 7.41. The summed E-state index contributed by atoms with van der Waals surface area (Å²) in [6.45, 7) is 12.1. The monoisotopic (exact) mass is 321 g/mol. The van der Waals surface area contributed by atoms with Gasteiger partial charge >= 0.3 is 7.12 Å². The summed E-state index contributed by atoms with van der Waals surface area (Å²) in [5, 5.41) is 0. The highest BCUT2D eigenvalue weighted by molar-refractivity contribution is 6.62. The molecule has 0 amide bonds. The molecule has 2 saturated heterocycles. The molecular formula is C17H25BFNO3. The highest BCUT2D eigenvalue weighted by Gasteiger charge is 2.52. The Morgan fingerprint density at radius 1 is 1.17 bits per heavy atom. The number of rotatable bonds is 2. The smallest absolute Gasteiger partial charge is 0.399 e. The average molecular weight is 321 g/mol. The van der Waals surface area contributed by atoms with Gasteiger partial charge in [-0.05, 0) is 46.8 Å². The summed E-state index contributed by atoms with van der Waals surface area (Å²) >= 11 is 0.